The number of carbonyl (C=O) groups excluding carboxylic acids is 3. The molecular weight excluding hydrogens is 585 g/mol. The molecule has 0 unspecified atom stereocenters. The number of benzene rings is 2. The Labute approximate surface area is 264 Å². The average molecular weight is 633 g/mol. The number of nitrogens with zero attached hydrogens (tertiary/aromatic N) is 3. The summed E-state index contributed by atoms with van der Waals surface area (Å²) in [6.07, 6.45) is -2.35. The molecule has 1 fully saturated rings. The van der Waals surface area contributed by atoms with Crippen LogP contribution in [0.3, 0.4) is 0 Å². The number of hydrogen-bond acceptors (Lipinski definition) is 5. The largest absolute Gasteiger partial charge is 0.469 e. The van der Waals surface area contributed by atoms with Crippen LogP contribution in [0.5, 0.6) is 5.75 Å². The maximum atomic E-state index is 13.2. The van der Waals surface area contributed by atoms with Gasteiger partial charge in [-0.25, -0.2) is 9.69 Å². The highest BCUT2D eigenvalue weighted by Gasteiger charge is 2.62. The molecule has 1 aliphatic heterocycles. The normalized spacial score (nSPS) is 16.0. The summed E-state index contributed by atoms with van der Waals surface area (Å²) >= 11 is 0. The van der Waals surface area contributed by atoms with E-state index in [-0.39, 0.29) is 11.8 Å². The smallest absolute Gasteiger partial charge is 0.416 e. The molecule has 0 spiro atoms. The van der Waals surface area contributed by atoms with Crippen molar-refractivity contribution in [3.8, 4) is 5.75 Å². The maximum Gasteiger partial charge on any atom is 0.416 e. The number of ether oxygens (including phenoxy) is 1. The number of urea groups is 1. The highest BCUT2D eigenvalue weighted by atomic mass is 19.4. The molecule has 11 heteroatoms. The Morgan fingerprint density at radius 3 is 2.04 bits per heavy atom. The van der Waals surface area contributed by atoms with Crippen molar-refractivity contribution in [3.63, 3.8) is 0 Å². The first-order valence-electron chi connectivity index (χ1n) is 16.0. The van der Waals surface area contributed by atoms with Gasteiger partial charge in [-0.2, -0.15) is 13.2 Å². The summed E-state index contributed by atoms with van der Waals surface area (Å²) in [5, 5.41) is 2.79. The molecule has 3 rings (SSSR count). The van der Waals surface area contributed by atoms with Crippen LogP contribution < -0.4 is 10.1 Å². The number of likely N-dealkylation sites (N-methyl/N-ethyl adjacent to an activating group) is 2. The summed E-state index contributed by atoms with van der Waals surface area (Å²) in [5.41, 5.74) is -0.195. The lowest BCUT2D eigenvalue weighted by Crippen LogP contribution is -2.73. The van der Waals surface area contributed by atoms with E-state index in [0.717, 1.165) is 42.2 Å². The lowest BCUT2D eigenvalue weighted by molar-refractivity contribution is -0.190. The number of nitrogens with one attached hydrogen (secondary N) is 1. The number of halogens is 3. The van der Waals surface area contributed by atoms with Gasteiger partial charge in [0.1, 0.15) is 11.2 Å². The van der Waals surface area contributed by atoms with Gasteiger partial charge in [-0.1, -0.05) is 39.8 Å². The van der Waals surface area contributed by atoms with E-state index in [0.29, 0.717) is 63.1 Å². The molecule has 0 radical (unpaired) electrons. The van der Waals surface area contributed by atoms with Crippen molar-refractivity contribution in [1.29, 1.82) is 0 Å². The Morgan fingerprint density at radius 2 is 1.51 bits per heavy atom. The molecule has 2 aromatic carbocycles. The van der Waals surface area contributed by atoms with E-state index in [1.807, 2.05) is 25.7 Å². The van der Waals surface area contributed by atoms with Gasteiger partial charge in [0, 0.05) is 31.7 Å². The second-order valence-electron chi connectivity index (χ2n) is 11.3. The van der Waals surface area contributed by atoms with E-state index < -0.39 is 29.4 Å². The number of aryl methyl sites for hydroxylation is 1. The molecular formula is C34H47F3N4O4. The standard InChI is InChI=1S/C34H47F3N4O4/c1-6-33(7-2)30(43)41(32(44)38-22-12-11-13-25-14-18-27(19-15-25)34(35,36)37)31(33)45-28-20-16-26(17-21-28)29(42)40(10-5)24-23-39(8-3)9-4/h14-21,31H,6-13,22-24H2,1-5H3,(H,38,44)/t31-/m0/s1. The van der Waals surface area contributed by atoms with Gasteiger partial charge < -0.3 is 19.9 Å². The van der Waals surface area contributed by atoms with Gasteiger partial charge in [0.15, 0.2) is 6.23 Å². The van der Waals surface area contributed by atoms with Gasteiger partial charge in [-0.15, -0.1) is 0 Å². The Bertz CT molecular complexity index is 1260. The van der Waals surface area contributed by atoms with Crippen molar-refractivity contribution in [2.24, 2.45) is 5.41 Å². The number of imide groups is 1. The van der Waals surface area contributed by atoms with E-state index in [1.54, 1.807) is 24.3 Å². The molecule has 2 aromatic rings. The van der Waals surface area contributed by atoms with Crippen LogP contribution in [0, 0.1) is 5.41 Å². The molecule has 0 aromatic heterocycles. The first-order chi connectivity index (χ1) is 21.4. The van der Waals surface area contributed by atoms with Crippen LogP contribution in [0.1, 0.15) is 81.8 Å². The highest BCUT2D eigenvalue weighted by molar-refractivity contribution is 6.03. The van der Waals surface area contributed by atoms with E-state index >= 15 is 0 Å². The molecule has 1 atom stereocenters. The predicted molar refractivity (Wildman–Crippen MR) is 168 cm³/mol. The monoisotopic (exact) mass is 632 g/mol. The summed E-state index contributed by atoms with van der Waals surface area (Å²) in [4.78, 5) is 44.6. The molecule has 4 amide bonds. The van der Waals surface area contributed by atoms with Crippen LogP contribution in [-0.2, 0) is 17.4 Å². The lowest BCUT2D eigenvalue weighted by atomic mass is 9.72. The van der Waals surface area contributed by atoms with E-state index in [1.165, 1.54) is 12.1 Å². The van der Waals surface area contributed by atoms with Crippen LogP contribution in [0.15, 0.2) is 48.5 Å². The minimum absolute atomic E-state index is 0.0641. The molecule has 0 bridgehead atoms. The SMILES string of the molecule is CCN(CC)CCN(CC)C(=O)c1ccc(O[C@@H]2N(C(=O)NCCCCc3ccc(C(F)(F)F)cc3)C(=O)C2(CC)CC)cc1. The molecule has 45 heavy (non-hydrogen) atoms. The molecule has 1 heterocycles. The van der Waals surface area contributed by atoms with Crippen LogP contribution in [0.25, 0.3) is 0 Å². The van der Waals surface area contributed by atoms with Gasteiger partial charge in [0.05, 0.1) is 5.56 Å². The fourth-order valence-electron chi connectivity index (χ4n) is 5.69. The summed E-state index contributed by atoms with van der Waals surface area (Å²) < 4.78 is 44.6. The Morgan fingerprint density at radius 1 is 0.889 bits per heavy atom. The van der Waals surface area contributed by atoms with Crippen LogP contribution >= 0.6 is 0 Å². The number of hydrogen-bond donors (Lipinski definition) is 1. The highest BCUT2D eigenvalue weighted by Crippen LogP contribution is 2.46. The van der Waals surface area contributed by atoms with Crippen molar-refractivity contribution in [3.05, 3.63) is 65.2 Å². The van der Waals surface area contributed by atoms with Crippen molar-refractivity contribution < 1.29 is 32.3 Å². The molecule has 0 aliphatic carbocycles. The van der Waals surface area contributed by atoms with Crippen LogP contribution in [0.4, 0.5) is 18.0 Å². The van der Waals surface area contributed by atoms with Crippen LogP contribution in [0.2, 0.25) is 0 Å². The fraction of sp³-hybridized carbons (Fsp3) is 0.559. The van der Waals surface area contributed by atoms with E-state index in [9.17, 15) is 27.6 Å². The zero-order valence-electron chi connectivity index (χ0n) is 27.1. The summed E-state index contributed by atoms with van der Waals surface area (Å²) in [7, 11) is 0. The Hall–Kier alpha value is -3.60. The zero-order valence-corrected chi connectivity index (χ0v) is 27.1. The van der Waals surface area contributed by atoms with Crippen molar-refractivity contribution in [2.45, 2.75) is 79.1 Å². The summed E-state index contributed by atoms with van der Waals surface area (Å²) in [6, 6.07) is 11.3. The van der Waals surface area contributed by atoms with Gasteiger partial charge >= 0.3 is 12.2 Å². The van der Waals surface area contributed by atoms with Crippen LogP contribution in [-0.4, -0.2) is 78.0 Å². The number of alkyl halides is 3. The quantitative estimate of drug-likeness (QED) is 0.167. The van der Waals surface area contributed by atoms with E-state index in [4.69, 9.17) is 4.74 Å². The Balaban J connectivity index is 1.57. The molecule has 8 nitrogen and oxygen atoms in total. The van der Waals surface area contributed by atoms with Crippen molar-refractivity contribution in [1.82, 2.24) is 20.0 Å². The average Bonchev–Trinajstić information content (AvgIpc) is 3.03. The second kappa shape index (κ2) is 16.1. The third-order valence-corrected chi connectivity index (χ3v) is 8.88. The zero-order chi connectivity index (χ0) is 33.2. The molecule has 248 valence electrons. The van der Waals surface area contributed by atoms with Crippen molar-refractivity contribution in [2.75, 3.05) is 39.3 Å². The molecule has 1 N–H and O–H groups in total. The Kier molecular flexibility index (Phi) is 12.8. The van der Waals surface area contributed by atoms with Crippen molar-refractivity contribution >= 4 is 17.8 Å². The molecule has 1 saturated heterocycles. The number of likely N-dealkylation sites (tertiary alicyclic amines) is 1. The summed E-state index contributed by atoms with van der Waals surface area (Å²) in [5.74, 6) is 0.0972. The number of β-lactam (4-membered cyclic amide) rings is 1. The van der Waals surface area contributed by atoms with Gasteiger partial charge in [-0.3, -0.25) is 9.59 Å². The number of unbranched alkanes of at least 4 members (excludes halogenated alkanes) is 1. The fourth-order valence-corrected chi connectivity index (χ4v) is 5.69. The minimum Gasteiger partial charge on any atom is -0.469 e. The third kappa shape index (κ3) is 8.56. The molecule has 1 aliphatic rings. The third-order valence-electron chi connectivity index (χ3n) is 8.88. The first kappa shape index (κ1) is 35.9. The lowest BCUT2D eigenvalue weighted by Gasteiger charge is -2.53. The number of carbonyl (C=O) groups is 3. The minimum atomic E-state index is -4.37. The van der Waals surface area contributed by atoms with Gasteiger partial charge in [0.2, 0.25) is 5.91 Å². The first-order valence-corrected chi connectivity index (χ1v) is 16.0. The molecule has 0 saturated carbocycles. The second-order valence-corrected chi connectivity index (χ2v) is 11.3. The topological polar surface area (TPSA) is 82.2 Å². The number of amides is 4. The van der Waals surface area contributed by atoms with Gasteiger partial charge in [0.25, 0.3) is 5.91 Å². The van der Waals surface area contributed by atoms with Gasteiger partial charge in [-0.05, 0) is 94.1 Å². The summed E-state index contributed by atoms with van der Waals surface area (Å²) in [6.45, 7) is 14.1. The number of rotatable bonds is 16. The predicted octanol–water partition coefficient (Wildman–Crippen LogP) is 6.60. The maximum absolute atomic E-state index is 13.2. The van der Waals surface area contributed by atoms with E-state index in [2.05, 4.69) is 24.1 Å².